The number of rotatable bonds is 4. The van der Waals surface area contributed by atoms with Crippen molar-refractivity contribution in [2.75, 3.05) is 4.41 Å². The number of hydrogen-bond donors (Lipinski definition) is 0. The highest BCUT2D eigenvalue weighted by molar-refractivity contribution is 7.92. The minimum Gasteiger partial charge on any atom is -0.254 e. The number of nitrogens with zero attached hydrogens (tertiary/aromatic N) is 3. The molecule has 0 atom stereocenters. The maximum Gasteiger partial charge on any atom is 0.318 e. The summed E-state index contributed by atoms with van der Waals surface area (Å²) in [6, 6.07) is 15.3. The van der Waals surface area contributed by atoms with Crippen LogP contribution in [0.15, 0.2) is 71.8 Å². The number of aromatic nitrogens is 1. The predicted octanol–water partition coefficient (Wildman–Crippen LogP) is 2.62. The normalized spacial score (nSPS) is 11.3. The lowest BCUT2D eigenvalue weighted by Gasteiger charge is -2.15. The molecule has 0 fully saturated rings. The highest BCUT2D eigenvalue weighted by atomic mass is 32.2. The monoisotopic (exact) mass is 329 g/mol. The van der Waals surface area contributed by atoms with Crippen molar-refractivity contribution in [1.29, 1.82) is 0 Å². The minimum atomic E-state index is -4.35. The summed E-state index contributed by atoms with van der Waals surface area (Å²) >= 11 is 0. The number of pyridine rings is 1. The molecule has 0 saturated heterocycles. The molecule has 116 valence electrons. The molecule has 1 heterocycles. The first kappa shape index (κ1) is 14.9. The molecule has 0 aliphatic heterocycles. The topological polar surface area (TPSA) is 93.4 Å². The molecule has 0 aliphatic carbocycles. The van der Waals surface area contributed by atoms with E-state index in [4.69, 9.17) is 0 Å². The zero-order chi connectivity index (χ0) is 16.4. The van der Waals surface area contributed by atoms with Gasteiger partial charge in [-0.3, -0.25) is 4.98 Å². The summed E-state index contributed by atoms with van der Waals surface area (Å²) in [4.78, 5) is 15.4. The van der Waals surface area contributed by atoms with Crippen LogP contribution in [-0.2, 0) is 10.0 Å². The summed E-state index contributed by atoms with van der Waals surface area (Å²) in [6.07, 6.45) is 1.46. The van der Waals surface area contributed by atoms with Gasteiger partial charge in [0.15, 0.2) is 10.7 Å². The van der Waals surface area contributed by atoms with Crippen molar-refractivity contribution in [1.82, 2.24) is 4.98 Å². The second kappa shape index (κ2) is 5.65. The quantitative estimate of drug-likeness (QED) is 0.542. The standard InChI is InChI=1S/C15H11N3O4S/c19-18(20)17(23(21,22)13-8-2-1-3-9-13)14-10-4-6-12-7-5-11-16-15(12)14/h1-11H. The molecule has 0 unspecified atom stereocenters. The molecule has 0 bridgehead atoms. The number of anilines is 1. The Morgan fingerprint density at radius 1 is 0.957 bits per heavy atom. The summed E-state index contributed by atoms with van der Waals surface area (Å²) in [5.41, 5.74) is 0.142. The average molecular weight is 329 g/mol. The Hall–Kier alpha value is -3.00. The summed E-state index contributed by atoms with van der Waals surface area (Å²) in [6.45, 7) is 0. The first-order valence-corrected chi connectivity index (χ1v) is 8.04. The van der Waals surface area contributed by atoms with Crippen molar-refractivity contribution in [3.05, 3.63) is 77.0 Å². The van der Waals surface area contributed by atoms with Gasteiger partial charge in [0.25, 0.3) is 0 Å². The second-order valence-corrected chi connectivity index (χ2v) is 6.42. The average Bonchev–Trinajstić information content (AvgIpc) is 2.55. The Labute approximate surface area is 132 Å². The van der Waals surface area contributed by atoms with Crippen molar-refractivity contribution >= 4 is 26.6 Å². The number of hydrazine groups is 1. The summed E-state index contributed by atoms with van der Waals surface area (Å²) in [5, 5.41) is 11.1. The molecule has 7 nitrogen and oxygen atoms in total. The number of hydrogen-bond acceptors (Lipinski definition) is 5. The van der Waals surface area contributed by atoms with Gasteiger partial charge in [-0.25, -0.2) is 10.1 Å². The van der Waals surface area contributed by atoms with Crippen molar-refractivity contribution < 1.29 is 13.5 Å². The van der Waals surface area contributed by atoms with Gasteiger partial charge in [0.05, 0.1) is 4.90 Å². The van der Waals surface area contributed by atoms with Crippen LogP contribution in [0.25, 0.3) is 10.9 Å². The fourth-order valence-electron chi connectivity index (χ4n) is 2.24. The molecule has 0 radical (unpaired) electrons. The molecule has 0 N–H and O–H groups in total. The maximum absolute atomic E-state index is 12.7. The van der Waals surface area contributed by atoms with Crippen molar-refractivity contribution in [2.24, 2.45) is 0 Å². The van der Waals surface area contributed by atoms with Crippen LogP contribution < -0.4 is 4.41 Å². The van der Waals surface area contributed by atoms with Crippen LogP contribution in [-0.4, -0.2) is 18.4 Å². The molecular formula is C15H11N3O4S. The second-order valence-electron chi connectivity index (χ2n) is 4.65. The van der Waals surface area contributed by atoms with Gasteiger partial charge >= 0.3 is 10.0 Å². The number of nitro groups is 1. The van der Waals surface area contributed by atoms with E-state index in [-0.39, 0.29) is 20.5 Å². The fourth-order valence-corrected chi connectivity index (χ4v) is 3.52. The molecule has 8 heteroatoms. The van der Waals surface area contributed by atoms with E-state index in [0.717, 1.165) is 0 Å². The Morgan fingerprint density at radius 2 is 1.65 bits per heavy atom. The molecule has 3 rings (SSSR count). The summed E-state index contributed by atoms with van der Waals surface area (Å²) < 4.78 is 25.5. The lowest BCUT2D eigenvalue weighted by Crippen LogP contribution is -2.36. The molecule has 3 aromatic rings. The van der Waals surface area contributed by atoms with Crippen LogP contribution in [0.2, 0.25) is 0 Å². The lowest BCUT2D eigenvalue weighted by atomic mass is 10.2. The molecule has 0 saturated carbocycles. The molecular weight excluding hydrogens is 318 g/mol. The first-order valence-electron chi connectivity index (χ1n) is 6.60. The predicted molar refractivity (Wildman–Crippen MR) is 84.8 cm³/mol. The van der Waals surface area contributed by atoms with Gasteiger partial charge in [0.1, 0.15) is 5.52 Å². The third-order valence-corrected chi connectivity index (χ3v) is 4.89. The number of para-hydroxylation sites is 1. The van der Waals surface area contributed by atoms with E-state index < -0.39 is 15.1 Å². The Bertz CT molecular complexity index is 969. The van der Waals surface area contributed by atoms with E-state index in [1.807, 2.05) is 0 Å². The third kappa shape index (κ3) is 2.59. The van der Waals surface area contributed by atoms with Gasteiger partial charge < -0.3 is 0 Å². The van der Waals surface area contributed by atoms with E-state index in [1.54, 1.807) is 30.3 Å². The summed E-state index contributed by atoms with van der Waals surface area (Å²) in [5.74, 6) is 0. The van der Waals surface area contributed by atoms with Crippen molar-refractivity contribution in [3.63, 3.8) is 0 Å². The van der Waals surface area contributed by atoms with Gasteiger partial charge in [-0.1, -0.05) is 36.4 Å². The van der Waals surface area contributed by atoms with Crippen LogP contribution in [0.5, 0.6) is 0 Å². The van der Waals surface area contributed by atoms with Crippen LogP contribution in [0.3, 0.4) is 0 Å². The van der Waals surface area contributed by atoms with E-state index in [1.165, 1.54) is 36.5 Å². The van der Waals surface area contributed by atoms with Gasteiger partial charge in [0, 0.05) is 16.0 Å². The maximum atomic E-state index is 12.7. The van der Waals surface area contributed by atoms with Crippen LogP contribution >= 0.6 is 0 Å². The number of sulfonamides is 1. The van der Waals surface area contributed by atoms with Crippen molar-refractivity contribution in [3.8, 4) is 0 Å². The Morgan fingerprint density at radius 3 is 2.35 bits per heavy atom. The molecule has 0 amide bonds. The Balaban J connectivity index is 2.26. The van der Waals surface area contributed by atoms with E-state index in [9.17, 15) is 18.5 Å². The zero-order valence-corrected chi connectivity index (χ0v) is 12.6. The highest BCUT2D eigenvalue weighted by Gasteiger charge is 2.36. The first-order chi connectivity index (χ1) is 11.0. The van der Waals surface area contributed by atoms with Gasteiger partial charge in [-0.05, 0) is 24.3 Å². The molecule has 0 aliphatic rings. The van der Waals surface area contributed by atoms with E-state index >= 15 is 0 Å². The highest BCUT2D eigenvalue weighted by Crippen LogP contribution is 2.29. The third-order valence-electron chi connectivity index (χ3n) is 3.23. The number of fused-ring (bicyclic) bond motifs is 1. The molecule has 23 heavy (non-hydrogen) atoms. The number of benzene rings is 2. The smallest absolute Gasteiger partial charge is 0.254 e. The lowest BCUT2D eigenvalue weighted by molar-refractivity contribution is -0.474. The van der Waals surface area contributed by atoms with Crippen LogP contribution in [0, 0.1) is 10.1 Å². The van der Waals surface area contributed by atoms with E-state index in [2.05, 4.69) is 4.98 Å². The molecule has 0 spiro atoms. The SMILES string of the molecule is O=[N+]([O-])N(c1cccc2cccnc12)S(=O)(=O)c1ccccc1. The fraction of sp³-hybridized carbons (Fsp3) is 0. The largest absolute Gasteiger partial charge is 0.318 e. The van der Waals surface area contributed by atoms with Gasteiger partial charge in [0.2, 0.25) is 0 Å². The van der Waals surface area contributed by atoms with Crippen molar-refractivity contribution in [2.45, 2.75) is 4.90 Å². The van der Waals surface area contributed by atoms with Gasteiger partial charge in [-0.15, -0.1) is 0 Å². The molecule has 2 aromatic carbocycles. The minimum absolute atomic E-state index is 0.100. The molecule has 1 aromatic heterocycles. The van der Waals surface area contributed by atoms with Crippen LogP contribution in [0.4, 0.5) is 5.69 Å². The van der Waals surface area contributed by atoms with Gasteiger partial charge in [-0.2, -0.15) is 8.42 Å². The van der Waals surface area contributed by atoms with Crippen LogP contribution in [0.1, 0.15) is 0 Å². The van der Waals surface area contributed by atoms with E-state index in [0.29, 0.717) is 5.39 Å². The zero-order valence-electron chi connectivity index (χ0n) is 11.7. The summed E-state index contributed by atoms with van der Waals surface area (Å²) in [7, 11) is -4.35. The Kier molecular flexibility index (Phi) is 3.67.